The lowest BCUT2D eigenvalue weighted by Crippen LogP contribution is -2.55. The second kappa shape index (κ2) is 11.7. The Morgan fingerprint density at radius 1 is 1.03 bits per heavy atom. The van der Waals surface area contributed by atoms with Gasteiger partial charge >= 0.3 is 0 Å². The average Bonchev–Trinajstić information content (AvgIpc) is 2.79. The Bertz CT molecular complexity index is 724. The largest absolute Gasteiger partial charge is 0.354 e. The van der Waals surface area contributed by atoms with Gasteiger partial charge in [0, 0.05) is 57.9 Å². The topological polar surface area (TPSA) is 54.4 Å². The van der Waals surface area contributed by atoms with E-state index in [1.807, 2.05) is 24.1 Å². The van der Waals surface area contributed by atoms with Crippen LogP contribution in [0.4, 0.5) is 0 Å². The number of likely N-dealkylation sites (tertiary alicyclic amines) is 1. The molecule has 172 valence electrons. The first-order valence-corrected chi connectivity index (χ1v) is 11.7. The Morgan fingerprint density at radius 3 is 2.26 bits per heavy atom. The summed E-state index contributed by atoms with van der Waals surface area (Å²) in [5.41, 5.74) is 1.22. The summed E-state index contributed by atoms with van der Waals surface area (Å²) in [7, 11) is 6.01. The van der Waals surface area contributed by atoms with E-state index >= 15 is 0 Å². The molecule has 2 fully saturated rings. The number of nitrogens with one attached hydrogen (secondary N) is 1. The van der Waals surface area contributed by atoms with Gasteiger partial charge in [0.05, 0.1) is 12.6 Å². The minimum absolute atomic E-state index is 0.220. The highest BCUT2D eigenvalue weighted by atomic mass is 35.5. The molecule has 1 unspecified atom stereocenters. The molecule has 0 aromatic heterocycles. The lowest BCUT2D eigenvalue weighted by Gasteiger charge is -2.38. The summed E-state index contributed by atoms with van der Waals surface area (Å²) >= 11 is 6.05. The second-order valence-electron chi connectivity index (χ2n) is 8.66. The predicted octanol–water partition coefficient (Wildman–Crippen LogP) is 2.15. The number of halogens is 1. The monoisotopic (exact) mass is 448 g/mol. The predicted molar refractivity (Wildman–Crippen MR) is 128 cm³/mol. The van der Waals surface area contributed by atoms with E-state index < -0.39 is 0 Å². The maximum absolute atomic E-state index is 12.6. The van der Waals surface area contributed by atoms with Gasteiger partial charge in [-0.05, 0) is 51.1 Å². The summed E-state index contributed by atoms with van der Waals surface area (Å²) in [6, 6.07) is 8.25. The molecule has 1 N–H and O–H groups in total. The van der Waals surface area contributed by atoms with E-state index in [0.717, 1.165) is 69.6 Å². The van der Waals surface area contributed by atoms with Crippen LogP contribution in [0.15, 0.2) is 29.3 Å². The van der Waals surface area contributed by atoms with Crippen molar-refractivity contribution in [3.8, 4) is 0 Å². The van der Waals surface area contributed by atoms with Crippen LogP contribution in [-0.2, 0) is 4.79 Å². The van der Waals surface area contributed by atoms with Crippen molar-refractivity contribution in [2.24, 2.45) is 4.99 Å². The maximum Gasteiger partial charge on any atom is 0.236 e. The van der Waals surface area contributed by atoms with E-state index in [9.17, 15) is 4.79 Å². The van der Waals surface area contributed by atoms with Crippen LogP contribution in [0, 0.1) is 0 Å². The number of hydrogen-bond donors (Lipinski definition) is 1. The molecule has 2 aliphatic rings. The highest BCUT2D eigenvalue weighted by molar-refractivity contribution is 6.30. The number of aliphatic imine (C=N–C) groups is 1. The van der Waals surface area contributed by atoms with Crippen LogP contribution in [0.3, 0.4) is 0 Å². The zero-order valence-electron chi connectivity index (χ0n) is 19.2. The number of piperazine rings is 1. The number of rotatable bonds is 6. The fourth-order valence-corrected chi connectivity index (χ4v) is 4.48. The van der Waals surface area contributed by atoms with Gasteiger partial charge in [0.25, 0.3) is 0 Å². The fraction of sp³-hybridized carbons (Fsp3) is 0.652. The van der Waals surface area contributed by atoms with E-state index in [1.54, 1.807) is 0 Å². The van der Waals surface area contributed by atoms with E-state index in [2.05, 4.69) is 51.2 Å². The van der Waals surface area contributed by atoms with Crippen LogP contribution < -0.4 is 5.32 Å². The fourth-order valence-electron chi connectivity index (χ4n) is 4.36. The summed E-state index contributed by atoms with van der Waals surface area (Å²) < 4.78 is 0. The molecule has 1 aromatic rings. The van der Waals surface area contributed by atoms with E-state index in [0.29, 0.717) is 6.54 Å². The van der Waals surface area contributed by atoms with Gasteiger partial charge in [-0.25, -0.2) is 0 Å². The Kier molecular flexibility index (Phi) is 8.99. The first-order valence-electron chi connectivity index (χ1n) is 11.4. The van der Waals surface area contributed by atoms with Crippen molar-refractivity contribution < 1.29 is 4.79 Å². The number of guanidine groups is 1. The van der Waals surface area contributed by atoms with Gasteiger partial charge in [0.2, 0.25) is 5.91 Å². The van der Waals surface area contributed by atoms with Gasteiger partial charge in [0.1, 0.15) is 0 Å². The SMILES string of the molecule is CN=C(NCC(c1ccc(Cl)cc1)N(C)C)N1CCN(CC(=O)N2CCCCC2)CC1. The molecule has 2 saturated heterocycles. The van der Waals surface area contributed by atoms with E-state index in [-0.39, 0.29) is 11.9 Å². The normalized spacial score (nSPS) is 19.6. The number of benzene rings is 1. The summed E-state index contributed by atoms with van der Waals surface area (Å²) in [5.74, 6) is 1.20. The number of piperidine rings is 1. The summed E-state index contributed by atoms with van der Waals surface area (Å²) in [4.78, 5) is 25.9. The minimum atomic E-state index is 0.220. The third-order valence-corrected chi connectivity index (χ3v) is 6.53. The summed E-state index contributed by atoms with van der Waals surface area (Å²) in [6.45, 7) is 6.67. The van der Waals surface area contributed by atoms with Gasteiger partial charge in [-0.2, -0.15) is 0 Å². The molecular formula is C23H37ClN6O. The molecule has 3 rings (SSSR count). The van der Waals surface area contributed by atoms with Crippen molar-refractivity contribution in [2.45, 2.75) is 25.3 Å². The van der Waals surface area contributed by atoms with Crippen molar-refractivity contribution >= 4 is 23.5 Å². The van der Waals surface area contributed by atoms with Crippen LogP contribution >= 0.6 is 11.6 Å². The molecule has 0 radical (unpaired) electrons. The number of carbonyl (C=O) groups excluding carboxylic acids is 1. The highest BCUT2D eigenvalue weighted by Crippen LogP contribution is 2.20. The lowest BCUT2D eigenvalue weighted by atomic mass is 10.1. The maximum atomic E-state index is 12.6. The zero-order chi connectivity index (χ0) is 22.2. The van der Waals surface area contributed by atoms with Crippen molar-refractivity contribution in [1.82, 2.24) is 24.9 Å². The first kappa shape index (κ1) is 23.8. The number of likely N-dealkylation sites (N-methyl/N-ethyl adjacent to an activating group) is 1. The quantitative estimate of drug-likeness (QED) is 0.533. The van der Waals surface area contributed by atoms with Gasteiger partial charge < -0.3 is 20.0 Å². The number of hydrogen-bond acceptors (Lipinski definition) is 4. The number of amides is 1. The molecule has 0 bridgehead atoms. The molecular weight excluding hydrogens is 412 g/mol. The molecule has 2 aliphatic heterocycles. The number of carbonyl (C=O) groups is 1. The average molecular weight is 449 g/mol. The summed E-state index contributed by atoms with van der Waals surface area (Å²) in [6.07, 6.45) is 3.54. The van der Waals surface area contributed by atoms with Crippen LogP contribution in [0.25, 0.3) is 0 Å². The summed E-state index contributed by atoms with van der Waals surface area (Å²) in [5, 5.41) is 4.30. The molecule has 0 saturated carbocycles. The lowest BCUT2D eigenvalue weighted by molar-refractivity contribution is -0.133. The third-order valence-electron chi connectivity index (χ3n) is 6.28. The molecule has 8 heteroatoms. The Morgan fingerprint density at radius 2 is 1.68 bits per heavy atom. The van der Waals surface area contributed by atoms with Crippen molar-refractivity contribution in [3.63, 3.8) is 0 Å². The molecule has 1 aromatic carbocycles. The molecule has 1 atom stereocenters. The third kappa shape index (κ3) is 6.82. The molecule has 0 aliphatic carbocycles. The molecule has 31 heavy (non-hydrogen) atoms. The van der Waals surface area contributed by atoms with Crippen molar-refractivity contribution in [2.75, 3.05) is 73.5 Å². The van der Waals surface area contributed by atoms with E-state index in [4.69, 9.17) is 11.6 Å². The van der Waals surface area contributed by atoms with Gasteiger partial charge in [-0.3, -0.25) is 14.7 Å². The van der Waals surface area contributed by atoms with Crippen molar-refractivity contribution in [1.29, 1.82) is 0 Å². The first-order chi connectivity index (χ1) is 15.0. The molecule has 1 amide bonds. The van der Waals surface area contributed by atoms with Crippen molar-refractivity contribution in [3.05, 3.63) is 34.9 Å². The second-order valence-corrected chi connectivity index (χ2v) is 9.10. The molecule has 0 spiro atoms. The number of nitrogens with zero attached hydrogens (tertiary/aromatic N) is 5. The van der Waals surface area contributed by atoms with Crippen LogP contribution in [0.2, 0.25) is 5.02 Å². The van der Waals surface area contributed by atoms with Gasteiger partial charge in [0.15, 0.2) is 5.96 Å². The van der Waals surface area contributed by atoms with Gasteiger partial charge in [-0.1, -0.05) is 23.7 Å². The Labute approximate surface area is 192 Å². The Balaban J connectivity index is 1.48. The molecule has 7 nitrogen and oxygen atoms in total. The highest BCUT2D eigenvalue weighted by Gasteiger charge is 2.24. The van der Waals surface area contributed by atoms with Crippen LogP contribution in [-0.4, -0.2) is 105 Å². The minimum Gasteiger partial charge on any atom is -0.354 e. The molecule has 2 heterocycles. The Hall–Kier alpha value is -1.83. The van der Waals surface area contributed by atoms with E-state index in [1.165, 1.54) is 12.0 Å². The smallest absolute Gasteiger partial charge is 0.236 e. The zero-order valence-corrected chi connectivity index (χ0v) is 19.9. The van der Waals surface area contributed by atoms with Crippen LogP contribution in [0.1, 0.15) is 30.9 Å². The standard InChI is InChI=1S/C23H37ClN6O/c1-25-23(26-17-21(27(2)3)19-7-9-20(24)10-8-19)30-15-13-28(14-16-30)18-22(31)29-11-5-4-6-12-29/h7-10,21H,4-6,11-18H2,1-3H3,(H,25,26). The van der Waals surface area contributed by atoms with Gasteiger partial charge in [-0.15, -0.1) is 0 Å². The van der Waals surface area contributed by atoms with Crippen LogP contribution in [0.5, 0.6) is 0 Å².